The number of carbonyl (C=O) groups excluding carboxylic acids is 1. The molecule has 0 aromatic carbocycles. The van der Waals surface area contributed by atoms with Gasteiger partial charge in [0, 0.05) is 22.5 Å². The number of aliphatic carboxylic acids is 1. The van der Waals surface area contributed by atoms with Gasteiger partial charge in [0.1, 0.15) is 0 Å². The number of hydrogen-bond acceptors (Lipinski definition) is 2. The summed E-state index contributed by atoms with van der Waals surface area (Å²) in [6.07, 6.45) is 16.9. The SMILES string of the molecule is CCCCCCCCCCCCCCCC(=O)[O-].[Ni]. The quantitative estimate of drug-likeness (QED) is 0.356. The number of rotatable bonds is 14. The van der Waals surface area contributed by atoms with Crippen LogP contribution < -0.4 is 5.11 Å². The van der Waals surface area contributed by atoms with Crippen molar-refractivity contribution in [3.05, 3.63) is 0 Å². The summed E-state index contributed by atoms with van der Waals surface area (Å²) in [5.74, 6) is -0.905. The second-order valence-electron chi connectivity index (χ2n) is 5.36. The molecule has 3 heteroatoms. The summed E-state index contributed by atoms with van der Waals surface area (Å²) in [5.41, 5.74) is 0. The Balaban J connectivity index is 0. The third-order valence-electron chi connectivity index (χ3n) is 3.48. The van der Waals surface area contributed by atoms with E-state index in [1.807, 2.05) is 0 Å². The van der Waals surface area contributed by atoms with Crippen molar-refractivity contribution >= 4 is 5.97 Å². The van der Waals surface area contributed by atoms with E-state index in [4.69, 9.17) is 0 Å². The maximum absolute atomic E-state index is 10.2. The molecular formula is C16H31NiO2-. The van der Waals surface area contributed by atoms with Gasteiger partial charge in [-0.25, -0.2) is 0 Å². The molecule has 2 nitrogen and oxygen atoms in total. The number of hydrogen-bond donors (Lipinski definition) is 0. The zero-order valence-corrected chi connectivity index (χ0v) is 13.5. The largest absolute Gasteiger partial charge is 0.550 e. The summed E-state index contributed by atoms with van der Waals surface area (Å²) in [5, 5.41) is 10.2. The molecule has 0 N–H and O–H groups in total. The summed E-state index contributed by atoms with van der Waals surface area (Å²) in [6.45, 7) is 2.26. The van der Waals surface area contributed by atoms with Crippen molar-refractivity contribution in [2.75, 3.05) is 0 Å². The predicted octanol–water partition coefficient (Wildman–Crippen LogP) is 4.22. The topological polar surface area (TPSA) is 40.1 Å². The van der Waals surface area contributed by atoms with Crippen LogP contribution in [0, 0.1) is 0 Å². The van der Waals surface area contributed by atoms with Crippen LogP contribution in [0.15, 0.2) is 0 Å². The van der Waals surface area contributed by atoms with Gasteiger partial charge in [-0.05, 0) is 12.8 Å². The molecule has 0 unspecified atom stereocenters. The van der Waals surface area contributed by atoms with Crippen molar-refractivity contribution in [2.45, 2.75) is 96.8 Å². The standard InChI is InChI=1S/C16H32O2.Ni/c1-2-3-4-5-6-7-8-9-10-11-12-13-14-15-16(17)18;/h2-15H2,1H3,(H,17,18);/p-1. The van der Waals surface area contributed by atoms with Crippen molar-refractivity contribution in [3.63, 3.8) is 0 Å². The minimum Gasteiger partial charge on any atom is -0.550 e. The molecule has 0 fully saturated rings. The van der Waals surface area contributed by atoms with Gasteiger partial charge in [-0.15, -0.1) is 0 Å². The molecule has 0 aromatic rings. The fourth-order valence-corrected chi connectivity index (χ4v) is 2.29. The minimum atomic E-state index is -0.905. The molecule has 0 spiro atoms. The minimum absolute atomic E-state index is 0. The molecule has 19 heavy (non-hydrogen) atoms. The van der Waals surface area contributed by atoms with Crippen LogP contribution in [-0.4, -0.2) is 5.97 Å². The van der Waals surface area contributed by atoms with Gasteiger partial charge < -0.3 is 9.90 Å². The molecule has 0 rings (SSSR count). The predicted molar refractivity (Wildman–Crippen MR) is 75.3 cm³/mol. The monoisotopic (exact) mass is 313 g/mol. The van der Waals surface area contributed by atoms with Gasteiger partial charge in [0.05, 0.1) is 0 Å². The van der Waals surface area contributed by atoms with Gasteiger partial charge in [0.2, 0.25) is 0 Å². The van der Waals surface area contributed by atoms with E-state index in [0.29, 0.717) is 0 Å². The average Bonchev–Trinajstić information content (AvgIpc) is 2.34. The normalized spacial score (nSPS) is 10.2. The van der Waals surface area contributed by atoms with Gasteiger partial charge in [-0.2, -0.15) is 0 Å². The summed E-state index contributed by atoms with van der Waals surface area (Å²) in [6, 6.07) is 0. The Morgan fingerprint density at radius 2 is 1.00 bits per heavy atom. The van der Waals surface area contributed by atoms with Gasteiger partial charge in [-0.1, -0.05) is 84.0 Å². The molecule has 0 atom stereocenters. The molecule has 0 aromatic heterocycles. The molecule has 0 heterocycles. The molecule has 118 valence electrons. The Bertz CT molecular complexity index is 184. The van der Waals surface area contributed by atoms with Crippen LogP contribution in [0.5, 0.6) is 0 Å². The molecule has 0 saturated carbocycles. The van der Waals surface area contributed by atoms with Crippen LogP contribution in [0.3, 0.4) is 0 Å². The molecular weight excluding hydrogens is 283 g/mol. The maximum Gasteiger partial charge on any atom is 0.0414 e. The zero-order chi connectivity index (χ0) is 13.5. The van der Waals surface area contributed by atoms with E-state index in [1.54, 1.807) is 0 Å². The molecule has 0 saturated heterocycles. The van der Waals surface area contributed by atoms with E-state index >= 15 is 0 Å². The molecule has 0 radical (unpaired) electrons. The Hall–Kier alpha value is -0.0365. The third kappa shape index (κ3) is 20.4. The fourth-order valence-electron chi connectivity index (χ4n) is 2.29. The van der Waals surface area contributed by atoms with E-state index < -0.39 is 5.97 Å². The first-order valence-electron chi connectivity index (χ1n) is 7.97. The van der Waals surface area contributed by atoms with Crippen molar-refractivity contribution < 1.29 is 26.4 Å². The second kappa shape index (κ2) is 18.0. The summed E-state index contributed by atoms with van der Waals surface area (Å²) in [7, 11) is 0. The number of carbonyl (C=O) groups is 1. The van der Waals surface area contributed by atoms with Crippen molar-refractivity contribution in [3.8, 4) is 0 Å². The Morgan fingerprint density at radius 1 is 0.684 bits per heavy atom. The molecule has 0 aliphatic carbocycles. The first-order valence-corrected chi connectivity index (χ1v) is 7.97. The Morgan fingerprint density at radius 3 is 1.32 bits per heavy atom. The van der Waals surface area contributed by atoms with E-state index in [2.05, 4.69) is 6.92 Å². The molecule has 0 aliphatic heterocycles. The zero-order valence-electron chi connectivity index (χ0n) is 12.5. The first-order chi connectivity index (χ1) is 8.77. The van der Waals surface area contributed by atoms with Crippen LogP contribution in [-0.2, 0) is 21.3 Å². The fraction of sp³-hybridized carbons (Fsp3) is 0.938. The van der Waals surface area contributed by atoms with E-state index in [-0.39, 0.29) is 22.9 Å². The van der Waals surface area contributed by atoms with Crippen molar-refractivity contribution in [1.82, 2.24) is 0 Å². The summed E-state index contributed by atoms with van der Waals surface area (Å²) < 4.78 is 0. The van der Waals surface area contributed by atoms with E-state index in [1.165, 1.54) is 70.6 Å². The number of carboxylic acid groups (broad SMARTS) is 1. The van der Waals surface area contributed by atoms with Crippen LogP contribution in [0.2, 0.25) is 0 Å². The van der Waals surface area contributed by atoms with Crippen molar-refractivity contribution in [2.24, 2.45) is 0 Å². The van der Waals surface area contributed by atoms with Gasteiger partial charge in [0.15, 0.2) is 0 Å². The van der Waals surface area contributed by atoms with Gasteiger partial charge in [-0.3, -0.25) is 0 Å². The Labute approximate surface area is 129 Å². The van der Waals surface area contributed by atoms with Crippen LogP contribution in [0.4, 0.5) is 0 Å². The summed E-state index contributed by atoms with van der Waals surface area (Å²) in [4.78, 5) is 10.2. The van der Waals surface area contributed by atoms with E-state index in [9.17, 15) is 9.90 Å². The maximum atomic E-state index is 10.2. The van der Waals surface area contributed by atoms with Crippen LogP contribution in [0.25, 0.3) is 0 Å². The average molecular weight is 314 g/mol. The molecule has 0 bridgehead atoms. The molecule has 0 amide bonds. The van der Waals surface area contributed by atoms with Crippen LogP contribution in [0.1, 0.15) is 96.8 Å². The van der Waals surface area contributed by atoms with Gasteiger partial charge >= 0.3 is 0 Å². The third-order valence-corrected chi connectivity index (χ3v) is 3.48. The van der Waals surface area contributed by atoms with Gasteiger partial charge in [0.25, 0.3) is 0 Å². The second-order valence-corrected chi connectivity index (χ2v) is 5.36. The first kappa shape index (κ1) is 21.3. The summed E-state index contributed by atoms with van der Waals surface area (Å²) >= 11 is 0. The number of carboxylic acids is 1. The smallest absolute Gasteiger partial charge is 0.0414 e. The number of unbranched alkanes of at least 4 members (excludes halogenated alkanes) is 12. The van der Waals surface area contributed by atoms with E-state index in [0.717, 1.165) is 12.8 Å². The molecule has 0 aliphatic rings. The Kier molecular flexibility index (Phi) is 20.1. The van der Waals surface area contributed by atoms with Crippen molar-refractivity contribution in [1.29, 1.82) is 0 Å². The van der Waals surface area contributed by atoms with Crippen LogP contribution >= 0.6 is 0 Å².